The lowest BCUT2D eigenvalue weighted by Gasteiger charge is -2.09. The molecule has 3 aromatic rings. The summed E-state index contributed by atoms with van der Waals surface area (Å²) in [6.45, 7) is 4.74. The second kappa shape index (κ2) is 10.0. The zero-order valence-electron chi connectivity index (χ0n) is 17.6. The third kappa shape index (κ3) is 5.38. The lowest BCUT2D eigenvalue weighted by atomic mass is 10.1. The number of nitrogens with one attached hydrogen (secondary N) is 1. The van der Waals surface area contributed by atoms with E-state index < -0.39 is 11.9 Å². The molecular weight excluding hydrogens is 414 g/mol. The minimum absolute atomic E-state index is 0.177. The first-order valence-corrected chi connectivity index (χ1v) is 10.6. The Morgan fingerprint density at radius 2 is 1.61 bits per heavy atom. The van der Waals surface area contributed by atoms with E-state index >= 15 is 0 Å². The van der Waals surface area contributed by atoms with E-state index in [4.69, 9.17) is 9.47 Å². The molecular formula is C24H23NO5S. The monoisotopic (exact) mass is 437 g/mol. The summed E-state index contributed by atoms with van der Waals surface area (Å²) in [6.07, 6.45) is 0. The Bertz CT molecular complexity index is 1090. The van der Waals surface area contributed by atoms with Crippen LogP contribution in [0.4, 0.5) is 5.00 Å². The van der Waals surface area contributed by atoms with Crippen LogP contribution in [-0.4, -0.2) is 30.9 Å². The van der Waals surface area contributed by atoms with Gasteiger partial charge in [-0.05, 0) is 49.6 Å². The maximum atomic E-state index is 12.4. The van der Waals surface area contributed by atoms with Gasteiger partial charge in [-0.1, -0.05) is 42.5 Å². The molecule has 0 saturated heterocycles. The van der Waals surface area contributed by atoms with Gasteiger partial charge in [0.1, 0.15) is 10.8 Å². The lowest BCUT2D eigenvalue weighted by Crippen LogP contribution is -2.21. The number of thiophene rings is 1. The molecule has 0 bridgehead atoms. The van der Waals surface area contributed by atoms with Gasteiger partial charge in [-0.15, -0.1) is 11.3 Å². The molecule has 0 spiro atoms. The van der Waals surface area contributed by atoms with Crippen LogP contribution in [0, 0.1) is 6.92 Å². The van der Waals surface area contributed by atoms with Gasteiger partial charge >= 0.3 is 5.97 Å². The van der Waals surface area contributed by atoms with Gasteiger partial charge in [0, 0.05) is 0 Å². The van der Waals surface area contributed by atoms with Crippen LogP contribution in [0.3, 0.4) is 0 Å². The fourth-order valence-corrected chi connectivity index (χ4v) is 4.18. The van der Waals surface area contributed by atoms with E-state index in [9.17, 15) is 14.4 Å². The summed E-state index contributed by atoms with van der Waals surface area (Å²) in [5.41, 5.74) is 2.84. The van der Waals surface area contributed by atoms with E-state index in [1.165, 1.54) is 6.92 Å². The molecule has 3 rings (SSSR count). The van der Waals surface area contributed by atoms with E-state index in [2.05, 4.69) is 5.32 Å². The van der Waals surface area contributed by atoms with Crippen molar-refractivity contribution in [2.75, 3.05) is 18.5 Å². The number of benzene rings is 2. The highest BCUT2D eigenvalue weighted by molar-refractivity contribution is 7.18. The van der Waals surface area contributed by atoms with Crippen molar-refractivity contribution in [3.05, 3.63) is 70.6 Å². The molecule has 0 aliphatic heterocycles. The Balaban J connectivity index is 1.67. The average molecular weight is 438 g/mol. The molecule has 1 N–H and O–H groups in total. The number of ether oxygens (including phenoxy) is 2. The van der Waals surface area contributed by atoms with Gasteiger partial charge in [0.2, 0.25) is 0 Å². The van der Waals surface area contributed by atoms with E-state index in [1.807, 2.05) is 42.5 Å². The normalized spacial score (nSPS) is 10.4. The smallest absolute Gasteiger partial charge is 0.341 e. The Hall–Kier alpha value is -3.45. The van der Waals surface area contributed by atoms with Crippen molar-refractivity contribution in [2.45, 2.75) is 20.8 Å². The van der Waals surface area contributed by atoms with Crippen LogP contribution < -0.4 is 10.1 Å². The Morgan fingerprint density at radius 3 is 2.23 bits per heavy atom. The van der Waals surface area contributed by atoms with Crippen molar-refractivity contribution in [3.8, 4) is 16.9 Å². The van der Waals surface area contributed by atoms with E-state index in [1.54, 1.807) is 26.0 Å². The maximum Gasteiger partial charge on any atom is 0.341 e. The van der Waals surface area contributed by atoms with Gasteiger partial charge in [0.05, 0.1) is 17.0 Å². The molecule has 7 heteroatoms. The zero-order chi connectivity index (χ0) is 22.4. The number of carbonyl (C=O) groups excluding carboxylic acids is 3. The number of Topliss-reactive ketones (excluding diaryl/α,β-unsaturated/α-hetero) is 1. The van der Waals surface area contributed by atoms with Crippen LogP contribution in [0.2, 0.25) is 0 Å². The molecule has 0 aliphatic rings. The molecule has 1 heterocycles. The summed E-state index contributed by atoms with van der Waals surface area (Å²) in [5.74, 6) is -0.638. The summed E-state index contributed by atoms with van der Waals surface area (Å²) in [6, 6.07) is 17.4. The van der Waals surface area contributed by atoms with Gasteiger partial charge in [-0.2, -0.15) is 0 Å². The minimum atomic E-state index is -0.573. The number of hydrogen-bond donors (Lipinski definition) is 1. The highest BCUT2D eigenvalue weighted by Crippen LogP contribution is 2.34. The van der Waals surface area contributed by atoms with Crippen LogP contribution in [0.1, 0.15) is 39.4 Å². The van der Waals surface area contributed by atoms with Crippen molar-refractivity contribution in [1.29, 1.82) is 0 Å². The zero-order valence-corrected chi connectivity index (χ0v) is 18.4. The molecule has 0 atom stereocenters. The highest BCUT2D eigenvalue weighted by atomic mass is 32.1. The van der Waals surface area contributed by atoms with Gasteiger partial charge < -0.3 is 14.8 Å². The fraction of sp³-hybridized carbons (Fsp3) is 0.208. The molecule has 160 valence electrons. The Kier molecular flexibility index (Phi) is 7.20. The second-order valence-electron chi connectivity index (χ2n) is 6.76. The molecule has 6 nitrogen and oxygen atoms in total. The third-order valence-corrected chi connectivity index (χ3v) is 5.84. The van der Waals surface area contributed by atoms with Gasteiger partial charge in [-0.25, -0.2) is 4.79 Å². The molecule has 0 unspecified atom stereocenters. The van der Waals surface area contributed by atoms with Crippen molar-refractivity contribution >= 4 is 34.0 Å². The number of esters is 1. The number of carbonyl (C=O) groups is 3. The second-order valence-corrected chi connectivity index (χ2v) is 7.78. The summed E-state index contributed by atoms with van der Waals surface area (Å²) in [5, 5.41) is 2.96. The van der Waals surface area contributed by atoms with Crippen LogP contribution in [-0.2, 0) is 9.53 Å². The first-order chi connectivity index (χ1) is 14.9. The van der Waals surface area contributed by atoms with Crippen molar-refractivity contribution < 1.29 is 23.9 Å². The SMILES string of the molecule is CCOC(=O)c1c(NC(=O)COc2ccc(-c3ccccc3)cc2)sc(C(C)=O)c1C. The Morgan fingerprint density at radius 1 is 0.968 bits per heavy atom. The number of anilines is 1. The van der Waals surface area contributed by atoms with Crippen LogP contribution in [0.25, 0.3) is 11.1 Å². The topological polar surface area (TPSA) is 81.7 Å². The summed E-state index contributed by atoms with van der Waals surface area (Å²) >= 11 is 1.06. The standard InChI is InChI=1S/C24H23NO5S/c1-4-29-24(28)21-15(2)22(16(3)26)31-23(21)25-20(27)14-30-19-12-10-18(11-13-19)17-8-6-5-7-9-17/h5-13H,4,14H2,1-3H3,(H,25,27). The third-order valence-electron chi connectivity index (χ3n) is 4.53. The molecule has 1 amide bonds. The number of rotatable bonds is 8. The van der Waals surface area contributed by atoms with Crippen molar-refractivity contribution in [1.82, 2.24) is 0 Å². The largest absolute Gasteiger partial charge is 0.484 e. The highest BCUT2D eigenvalue weighted by Gasteiger charge is 2.25. The number of hydrogen-bond acceptors (Lipinski definition) is 6. The van der Waals surface area contributed by atoms with E-state index in [0.717, 1.165) is 22.5 Å². The minimum Gasteiger partial charge on any atom is -0.484 e. The predicted octanol–water partition coefficient (Wildman–Crippen LogP) is 5.12. The molecule has 2 aromatic carbocycles. The molecule has 0 aliphatic carbocycles. The summed E-state index contributed by atoms with van der Waals surface area (Å²) in [7, 11) is 0. The number of ketones is 1. The van der Waals surface area contributed by atoms with Crippen LogP contribution in [0.15, 0.2) is 54.6 Å². The number of amides is 1. The van der Waals surface area contributed by atoms with Crippen molar-refractivity contribution in [3.63, 3.8) is 0 Å². The molecule has 1 aromatic heterocycles. The molecule has 0 saturated carbocycles. The average Bonchev–Trinajstić information content (AvgIpc) is 3.09. The van der Waals surface area contributed by atoms with E-state index in [0.29, 0.717) is 16.2 Å². The van der Waals surface area contributed by atoms with Gasteiger partial charge in [0.25, 0.3) is 5.91 Å². The maximum absolute atomic E-state index is 12.4. The molecule has 0 radical (unpaired) electrons. The predicted molar refractivity (Wildman–Crippen MR) is 121 cm³/mol. The first-order valence-electron chi connectivity index (χ1n) is 9.80. The summed E-state index contributed by atoms with van der Waals surface area (Å²) < 4.78 is 10.6. The first kappa shape index (κ1) is 22.2. The molecule has 31 heavy (non-hydrogen) atoms. The lowest BCUT2D eigenvalue weighted by molar-refractivity contribution is -0.118. The van der Waals surface area contributed by atoms with Gasteiger partial charge in [0.15, 0.2) is 12.4 Å². The summed E-state index contributed by atoms with van der Waals surface area (Å²) in [4.78, 5) is 37.0. The Labute approximate surface area is 184 Å². The molecule has 0 fully saturated rings. The van der Waals surface area contributed by atoms with Crippen molar-refractivity contribution in [2.24, 2.45) is 0 Å². The van der Waals surface area contributed by atoms with Crippen LogP contribution in [0.5, 0.6) is 5.75 Å². The fourth-order valence-electron chi connectivity index (χ4n) is 3.07. The van der Waals surface area contributed by atoms with E-state index in [-0.39, 0.29) is 29.6 Å². The van der Waals surface area contributed by atoms with Crippen LogP contribution >= 0.6 is 11.3 Å². The van der Waals surface area contributed by atoms with Gasteiger partial charge in [-0.3, -0.25) is 9.59 Å². The quantitative estimate of drug-likeness (QED) is 0.391.